The fraction of sp³-hybridized carbons (Fsp3) is 0.455. The van der Waals surface area contributed by atoms with E-state index in [0.29, 0.717) is 19.2 Å². The number of hydrogen-bond donors (Lipinski definition) is 1. The van der Waals surface area contributed by atoms with E-state index in [1.165, 1.54) is 0 Å². The first-order valence-corrected chi connectivity index (χ1v) is 5.51. The van der Waals surface area contributed by atoms with Crippen LogP contribution in [0.4, 0.5) is 20.2 Å². The molecule has 0 saturated carbocycles. The van der Waals surface area contributed by atoms with Gasteiger partial charge < -0.3 is 10.2 Å². The van der Waals surface area contributed by atoms with Crippen LogP contribution in [0.3, 0.4) is 0 Å². The molecule has 7 heteroatoms. The van der Waals surface area contributed by atoms with E-state index in [9.17, 15) is 18.9 Å². The van der Waals surface area contributed by atoms with Crippen molar-refractivity contribution in [3.8, 4) is 0 Å². The highest BCUT2D eigenvalue weighted by molar-refractivity contribution is 5.62. The van der Waals surface area contributed by atoms with Crippen LogP contribution in [0.5, 0.6) is 0 Å². The monoisotopic (exact) mass is 259 g/mol. The van der Waals surface area contributed by atoms with Gasteiger partial charge in [0.2, 0.25) is 5.82 Å². The number of rotatable bonds is 6. The van der Waals surface area contributed by atoms with Gasteiger partial charge in [-0.05, 0) is 13.6 Å². The molecular weight excluding hydrogens is 244 g/mol. The minimum Gasteiger partial charge on any atom is -0.378 e. The van der Waals surface area contributed by atoms with Crippen molar-refractivity contribution in [1.82, 2.24) is 4.90 Å². The molecule has 18 heavy (non-hydrogen) atoms. The minimum absolute atomic E-state index is 0.137. The summed E-state index contributed by atoms with van der Waals surface area (Å²) in [6.45, 7) is 3.77. The van der Waals surface area contributed by atoms with Gasteiger partial charge in [-0.15, -0.1) is 0 Å². The third-order valence-corrected chi connectivity index (χ3v) is 2.56. The van der Waals surface area contributed by atoms with Crippen LogP contribution < -0.4 is 5.32 Å². The van der Waals surface area contributed by atoms with Crippen molar-refractivity contribution in [3.63, 3.8) is 0 Å². The molecule has 1 aromatic rings. The van der Waals surface area contributed by atoms with Gasteiger partial charge in [0.05, 0.1) is 4.92 Å². The van der Waals surface area contributed by atoms with Crippen molar-refractivity contribution < 1.29 is 13.7 Å². The lowest BCUT2D eigenvalue weighted by Crippen LogP contribution is -2.25. The molecule has 1 N–H and O–H groups in total. The summed E-state index contributed by atoms with van der Waals surface area (Å²) in [4.78, 5) is 11.8. The lowest BCUT2D eigenvalue weighted by Gasteiger charge is -2.14. The summed E-state index contributed by atoms with van der Waals surface area (Å²) < 4.78 is 26.3. The smallest absolute Gasteiger partial charge is 0.327 e. The largest absolute Gasteiger partial charge is 0.378 e. The summed E-state index contributed by atoms with van der Waals surface area (Å²) in [7, 11) is 1.88. The summed E-state index contributed by atoms with van der Waals surface area (Å²) in [5.74, 6) is -2.02. The predicted molar refractivity (Wildman–Crippen MR) is 64.7 cm³/mol. The Hall–Kier alpha value is -1.76. The second-order valence-corrected chi connectivity index (χ2v) is 3.86. The first-order chi connectivity index (χ1) is 8.45. The summed E-state index contributed by atoms with van der Waals surface area (Å²) >= 11 is 0. The molecule has 0 saturated heterocycles. The van der Waals surface area contributed by atoms with Gasteiger partial charge in [0.15, 0.2) is 0 Å². The van der Waals surface area contributed by atoms with Gasteiger partial charge in [-0.3, -0.25) is 10.1 Å². The number of nitro benzene ring substituents is 1. The molecule has 0 bridgehead atoms. The van der Waals surface area contributed by atoms with Crippen molar-refractivity contribution in [1.29, 1.82) is 0 Å². The highest BCUT2D eigenvalue weighted by Gasteiger charge is 2.21. The number of hydrogen-bond acceptors (Lipinski definition) is 4. The van der Waals surface area contributed by atoms with Gasteiger partial charge in [-0.25, -0.2) is 4.39 Å². The lowest BCUT2D eigenvalue weighted by atomic mass is 10.2. The molecule has 1 rings (SSSR count). The van der Waals surface area contributed by atoms with Gasteiger partial charge in [-0.2, -0.15) is 4.39 Å². The highest BCUT2D eigenvalue weighted by Crippen LogP contribution is 2.28. The molecule has 0 atom stereocenters. The highest BCUT2D eigenvalue weighted by atomic mass is 19.1. The van der Waals surface area contributed by atoms with E-state index >= 15 is 0 Å². The van der Waals surface area contributed by atoms with E-state index in [1.54, 1.807) is 0 Å². The van der Waals surface area contributed by atoms with E-state index < -0.39 is 22.2 Å². The number of nitrogens with zero attached hydrogens (tertiary/aromatic N) is 2. The maximum atomic E-state index is 13.3. The van der Waals surface area contributed by atoms with E-state index in [2.05, 4.69) is 5.32 Å². The Labute approximate surface area is 104 Å². The Morgan fingerprint density at radius 1 is 1.44 bits per heavy atom. The van der Waals surface area contributed by atoms with Crippen LogP contribution in [0.2, 0.25) is 0 Å². The van der Waals surface area contributed by atoms with Crippen LogP contribution in [0.1, 0.15) is 6.92 Å². The molecular formula is C11H15F2N3O2. The second kappa shape index (κ2) is 6.25. The molecule has 0 aliphatic rings. The predicted octanol–water partition coefficient (Wildman–Crippen LogP) is 2.24. The molecule has 1 aromatic carbocycles. The minimum atomic E-state index is -1.17. The second-order valence-electron chi connectivity index (χ2n) is 3.86. The fourth-order valence-electron chi connectivity index (χ4n) is 1.43. The maximum Gasteiger partial charge on any atom is 0.327 e. The number of halogens is 2. The number of nitrogens with one attached hydrogen (secondary N) is 1. The van der Waals surface area contributed by atoms with Crippen molar-refractivity contribution >= 4 is 11.4 Å². The number of nitro groups is 1. The van der Waals surface area contributed by atoms with E-state index in [0.717, 1.165) is 12.6 Å². The molecule has 0 aliphatic carbocycles. The van der Waals surface area contributed by atoms with E-state index in [1.807, 2.05) is 18.9 Å². The van der Waals surface area contributed by atoms with Gasteiger partial charge >= 0.3 is 5.69 Å². The Morgan fingerprint density at radius 2 is 2.11 bits per heavy atom. The van der Waals surface area contributed by atoms with Crippen LogP contribution in [-0.2, 0) is 0 Å². The topological polar surface area (TPSA) is 58.4 Å². The van der Waals surface area contributed by atoms with Crippen molar-refractivity contribution in [2.75, 3.05) is 32.0 Å². The summed E-state index contributed by atoms with van der Waals surface area (Å²) in [6, 6.07) is 1.43. The molecule has 0 spiro atoms. The SMILES string of the molecule is CCN(C)CCNc1cc(F)cc(F)c1[N+](=O)[O-]. The van der Waals surface area contributed by atoms with Crippen molar-refractivity contribution in [2.45, 2.75) is 6.92 Å². The zero-order valence-corrected chi connectivity index (χ0v) is 10.2. The molecule has 5 nitrogen and oxygen atoms in total. The zero-order valence-electron chi connectivity index (χ0n) is 10.2. The first kappa shape index (κ1) is 14.3. The molecule has 0 unspecified atom stereocenters. The average Bonchev–Trinajstić information content (AvgIpc) is 2.27. The number of likely N-dealkylation sites (N-methyl/N-ethyl adjacent to an activating group) is 1. The summed E-state index contributed by atoms with van der Waals surface area (Å²) in [6.07, 6.45) is 0. The third-order valence-electron chi connectivity index (χ3n) is 2.56. The number of benzene rings is 1. The summed E-state index contributed by atoms with van der Waals surface area (Å²) in [5.41, 5.74) is -0.863. The quantitative estimate of drug-likeness (QED) is 0.628. The van der Waals surface area contributed by atoms with Crippen molar-refractivity contribution in [2.24, 2.45) is 0 Å². The Balaban J connectivity index is 2.83. The van der Waals surface area contributed by atoms with Gasteiger partial charge in [0.1, 0.15) is 11.5 Å². The van der Waals surface area contributed by atoms with E-state index in [4.69, 9.17) is 0 Å². The third kappa shape index (κ3) is 3.63. The molecule has 0 aliphatic heterocycles. The maximum absolute atomic E-state index is 13.3. The van der Waals surface area contributed by atoms with Gasteiger partial charge in [0, 0.05) is 25.2 Å². The standard InChI is InChI=1S/C11H15F2N3O2/c1-3-15(2)5-4-14-10-7-8(12)6-9(13)11(10)16(17)18/h6-7,14H,3-5H2,1-2H3. The fourth-order valence-corrected chi connectivity index (χ4v) is 1.43. The molecule has 0 aromatic heterocycles. The molecule has 100 valence electrons. The normalized spacial score (nSPS) is 10.7. The van der Waals surface area contributed by atoms with E-state index in [-0.39, 0.29) is 5.69 Å². The van der Waals surface area contributed by atoms with Crippen LogP contribution in [0.15, 0.2) is 12.1 Å². The lowest BCUT2D eigenvalue weighted by molar-refractivity contribution is -0.386. The molecule has 0 heterocycles. The van der Waals surface area contributed by atoms with Crippen molar-refractivity contribution in [3.05, 3.63) is 33.9 Å². The van der Waals surface area contributed by atoms with Crippen LogP contribution >= 0.6 is 0 Å². The Bertz CT molecular complexity index is 441. The molecule has 0 fully saturated rings. The van der Waals surface area contributed by atoms with Crippen LogP contribution in [-0.4, -0.2) is 36.5 Å². The molecule has 0 radical (unpaired) electrons. The Morgan fingerprint density at radius 3 is 2.67 bits per heavy atom. The zero-order chi connectivity index (χ0) is 13.7. The average molecular weight is 259 g/mol. The van der Waals surface area contributed by atoms with Crippen LogP contribution in [0, 0.1) is 21.7 Å². The Kier molecular flexibility index (Phi) is 4.96. The van der Waals surface area contributed by atoms with Gasteiger partial charge in [-0.1, -0.05) is 6.92 Å². The number of anilines is 1. The first-order valence-electron chi connectivity index (χ1n) is 5.51. The van der Waals surface area contributed by atoms with Crippen LogP contribution in [0.25, 0.3) is 0 Å². The molecule has 0 amide bonds. The summed E-state index contributed by atoms with van der Waals surface area (Å²) in [5, 5.41) is 13.4. The van der Waals surface area contributed by atoms with Gasteiger partial charge in [0.25, 0.3) is 0 Å².